The molecule has 0 aliphatic carbocycles. The molecule has 0 bridgehead atoms. The maximum absolute atomic E-state index is 12.2. The quantitative estimate of drug-likeness (QED) is 0.354. The number of carbonyl (C=O) groups is 1. The fraction of sp³-hybridized carbons (Fsp3) is 0.387. The molecule has 1 N–H and O–H groups in total. The lowest BCUT2D eigenvalue weighted by Crippen LogP contribution is -2.57. The van der Waals surface area contributed by atoms with Crippen molar-refractivity contribution in [1.29, 1.82) is 0 Å². The summed E-state index contributed by atoms with van der Waals surface area (Å²) < 4.78 is 17.8. The van der Waals surface area contributed by atoms with Gasteiger partial charge in [-0.25, -0.2) is 0 Å². The summed E-state index contributed by atoms with van der Waals surface area (Å²) in [5.74, 6) is 2.07. The fourth-order valence-electron chi connectivity index (χ4n) is 5.35. The monoisotopic (exact) mass is 502 g/mol. The molecule has 0 saturated carbocycles. The predicted octanol–water partition coefficient (Wildman–Crippen LogP) is 5.40. The van der Waals surface area contributed by atoms with Crippen LogP contribution in [0.4, 0.5) is 0 Å². The highest BCUT2D eigenvalue weighted by Gasteiger charge is 2.39. The third-order valence-corrected chi connectivity index (χ3v) is 7.48. The largest absolute Gasteiger partial charge is 0.496 e. The second-order valence-electron chi connectivity index (χ2n) is 9.68. The molecule has 0 aromatic heterocycles. The van der Waals surface area contributed by atoms with Gasteiger partial charge in [0.25, 0.3) is 0 Å². The van der Waals surface area contributed by atoms with Gasteiger partial charge >= 0.3 is 0 Å². The molecule has 0 spiro atoms. The molecule has 6 heteroatoms. The van der Waals surface area contributed by atoms with Gasteiger partial charge in [0.2, 0.25) is 0 Å². The molecule has 1 aliphatic rings. The van der Waals surface area contributed by atoms with Gasteiger partial charge in [0.05, 0.1) is 25.3 Å². The average molecular weight is 503 g/mol. The van der Waals surface area contributed by atoms with Crippen molar-refractivity contribution in [3.63, 3.8) is 0 Å². The normalized spacial score (nSPS) is 17.8. The first-order chi connectivity index (χ1) is 18.0. The van der Waals surface area contributed by atoms with Gasteiger partial charge in [-0.2, -0.15) is 0 Å². The Morgan fingerprint density at radius 1 is 1.00 bits per heavy atom. The molecule has 4 rings (SSSR count). The Kier molecular flexibility index (Phi) is 8.85. The lowest BCUT2D eigenvalue weighted by atomic mass is 9.87. The van der Waals surface area contributed by atoms with Gasteiger partial charge in [0.1, 0.15) is 30.1 Å². The summed E-state index contributed by atoms with van der Waals surface area (Å²) in [7, 11) is 5.21. The summed E-state index contributed by atoms with van der Waals surface area (Å²) in [6.07, 6.45) is 4.05. The van der Waals surface area contributed by atoms with Crippen molar-refractivity contribution in [3.8, 4) is 28.4 Å². The summed E-state index contributed by atoms with van der Waals surface area (Å²) in [6, 6.07) is 20.5. The molecule has 3 aromatic rings. The Labute approximate surface area is 220 Å². The van der Waals surface area contributed by atoms with Crippen LogP contribution in [0.25, 0.3) is 11.1 Å². The first-order valence-electron chi connectivity index (χ1n) is 12.9. The number of methoxy groups -OCH3 is 2. The van der Waals surface area contributed by atoms with Crippen molar-refractivity contribution >= 4 is 6.29 Å². The Balaban J connectivity index is 1.57. The van der Waals surface area contributed by atoms with Crippen LogP contribution in [0.15, 0.2) is 60.7 Å². The molecule has 1 unspecified atom stereocenters. The maximum atomic E-state index is 12.2. The summed E-state index contributed by atoms with van der Waals surface area (Å²) in [5.41, 5.74) is 5.11. The van der Waals surface area contributed by atoms with Crippen LogP contribution in [0.2, 0.25) is 0 Å². The minimum atomic E-state index is -0.528. The number of nitrogens with one attached hydrogen (secondary N) is 1. The number of likely N-dealkylation sites (N-methyl/N-ethyl adjacent to an activating group) is 1. The topological polar surface area (TPSA) is 60.0 Å². The number of nitrogens with zero attached hydrogens (tertiary/aromatic N) is 1. The zero-order valence-corrected chi connectivity index (χ0v) is 22.4. The lowest BCUT2D eigenvalue weighted by molar-refractivity contribution is -0.121. The standard InChI is InChI=1S/C31H38N2O4/c1-23-25(13-10-14-27(23)24-11-6-5-7-12-24)20-37-26-17-29(35-3)28(30(18-26)36-4)19-33-16-9-8-15-31(33,22-34)21-32-2/h5-7,10-14,17-18,22,32H,8-9,15-16,19-21H2,1-4H3. The molecular weight excluding hydrogens is 464 g/mol. The van der Waals surface area contributed by atoms with Gasteiger partial charge in [0, 0.05) is 25.2 Å². The number of hydrogen-bond acceptors (Lipinski definition) is 6. The van der Waals surface area contributed by atoms with Gasteiger partial charge in [-0.3, -0.25) is 4.90 Å². The van der Waals surface area contributed by atoms with Crippen molar-refractivity contribution in [2.45, 2.75) is 44.9 Å². The summed E-state index contributed by atoms with van der Waals surface area (Å²) in [5, 5.41) is 3.21. The number of ether oxygens (including phenoxy) is 3. The molecule has 1 saturated heterocycles. The molecule has 0 amide bonds. The fourth-order valence-corrected chi connectivity index (χ4v) is 5.35. The van der Waals surface area contributed by atoms with E-state index in [0.717, 1.165) is 43.2 Å². The van der Waals surface area contributed by atoms with Crippen LogP contribution >= 0.6 is 0 Å². The zero-order chi connectivity index (χ0) is 26.3. The van der Waals surface area contributed by atoms with Gasteiger partial charge < -0.3 is 24.3 Å². The third kappa shape index (κ3) is 5.81. The van der Waals surface area contributed by atoms with E-state index in [1.165, 1.54) is 16.7 Å². The van der Waals surface area contributed by atoms with E-state index in [4.69, 9.17) is 14.2 Å². The van der Waals surface area contributed by atoms with Gasteiger partial charge in [-0.05, 0) is 62.0 Å². The second kappa shape index (κ2) is 12.3. The molecule has 0 radical (unpaired) electrons. The van der Waals surface area contributed by atoms with Gasteiger partial charge in [0.15, 0.2) is 0 Å². The highest BCUT2D eigenvalue weighted by atomic mass is 16.5. The highest BCUT2D eigenvalue weighted by Crippen LogP contribution is 2.38. The molecule has 1 heterocycles. The van der Waals surface area contributed by atoms with Crippen LogP contribution in [-0.4, -0.2) is 51.1 Å². The highest BCUT2D eigenvalue weighted by molar-refractivity contribution is 5.68. The van der Waals surface area contributed by atoms with E-state index in [1.54, 1.807) is 14.2 Å². The van der Waals surface area contributed by atoms with Crippen LogP contribution < -0.4 is 19.5 Å². The number of piperidine rings is 1. The van der Waals surface area contributed by atoms with Crippen molar-refractivity contribution in [3.05, 3.63) is 77.4 Å². The zero-order valence-electron chi connectivity index (χ0n) is 22.4. The SMILES string of the molecule is CNCC1(C=O)CCCCN1Cc1c(OC)cc(OCc2cccc(-c3ccccc3)c2C)cc1OC. The molecular formula is C31H38N2O4. The Bertz CT molecular complexity index is 1170. The van der Waals surface area contributed by atoms with Crippen LogP contribution in [0.3, 0.4) is 0 Å². The van der Waals surface area contributed by atoms with E-state index >= 15 is 0 Å². The average Bonchev–Trinajstić information content (AvgIpc) is 2.94. The number of hydrogen-bond donors (Lipinski definition) is 1. The molecule has 1 atom stereocenters. The smallest absolute Gasteiger partial charge is 0.141 e. The van der Waals surface area contributed by atoms with E-state index in [9.17, 15) is 4.79 Å². The molecule has 3 aromatic carbocycles. The number of carbonyl (C=O) groups excluding carboxylic acids is 1. The summed E-state index contributed by atoms with van der Waals surface area (Å²) in [4.78, 5) is 14.5. The van der Waals surface area contributed by atoms with Crippen LogP contribution in [0, 0.1) is 6.92 Å². The lowest BCUT2D eigenvalue weighted by Gasteiger charge is -2.43. The number of aldehydes is 1. The summed E-state index contributed by atoms with van der Waals surface area (Å²) in [6.45, 7) is 4.59. The minimum absolute atomic E-state index is 0.431. The van der Waals surface area contributed by atoms with Crippen LogP contribution in [0.5, 0.6) is 17.2 Å². The molecule has 37 heavy (non-hydrogen) atoms. The van der Waals surface area contributed by atoms with E-state index in [1.807, 2.05) is 25.2 Å². The first-order valence-corrected chi connectivity index (χ1v) is 12.9. The van der Waals surface area contributed by atoms with E-state index in [2.05, 4.69) is 59.6 Å². The molecule has 1 fully saturated rings. The van der Waals surface area contributed by atoms with E-state index in [-0.39, 0.29) is 0 Å². The van der Waals surface area contributed by atoms with Crippen LogP contribution in [-0.2, 0) is 17.9 Å². The Morgan fingerprint density at radius 2 is 1.73 bits per heavy atom. The summed E-state index contributed by atoms with van der Waals surface area (Å²) >= 11 is 0. The van der Waals surface area contributed by atoms with Gasteiger partial charge in [-0.1, -0.05) is 48.5 Å². The van der Waals surface area contributed by atoms with Crippen molar-refractivity contribution in [2.24, 2.45) is 0 Å². The molecule has 6 nitrogen and oxygen atoms in total. The minimum Gasteiger partial charge on any atom is -0.496 e. The van der Waals surface area contributed by atoms with Crippen molar-refractivity contribution in [1.82, 2.24) is 10.2 Å². The Morgan fingerprint density at radius 3 is 2.38 bits per heavy atom. The Hall–Kier alpha value is -3.35. The van der Waals surface area contributed by atoms with Crippen molar-refractivity contribution < 1.29 is 19.0 Å². The van der Waals surface area contributed by atoms with Gasteiger partial charge in [-0.15, -0.1) is 0 Å². The predicted molar refractivity (Wildman–Crippen MR) is 147 cm³/mol. The van der Waals surface area contributed by atoms with E-state index < -0.39 is 5.54 Å². The number of likely N-dealkylation sites (tertiary alicyclic amines) is 1. The second-order valence-corrected chi connectivity index (χ2v) is 9.68. The molecule has 1 aliphatic heterocycles. The third-order valence-electron chi connectivity index (χ3n) is 7.48. The maximum Gasteiger partial charge on any atom is 0.141 e. The number of benzene rings is 3. The van der Waals surface area contributed by atoms with Crippen LogP contribution in [0.1, 0.15) is 36.0 Å². The first kappa shape index (κ1) is 26.7. The molecule has 196 valence electrons. The number of rotatable bonds is 11. The van der Waals surface area contributed by atoms with Crippen molar-refractivity contribution in [2.75, 3.05) is 34.4 Å². The van der Waals surface area contributed by atoms with E-state index in [0.29, 0.717) is 36.9 Å².